The lowest BCUT2D eigenvalue weighted by molar-refractivity contribution is -0.140. The quantitative estimate of drug-likeness (QED) is 0.298. The Morgan fingerprint density at radius 2 is 1.68 bits per heavy atom. The van der Waals surface area contributed by atoms with Gasteiger partial charge < -0.3 is 4.74 Å². The van der Waals surface area contributed by atoms with Crippen LogP contribution in [0.5, 0.6) is 0 Å². The average Bonchev–Trinajstić information content (AvgIpc) is 2.93. The Balaban J connectivity index is 1.73. The summed E-state index contributed by atoms with van der Waals surface area (Å²) in [6.07, 6.45) is 19.7. The van der Waals surface area contributed by atoms with Crippen molar-refractivity contribution in [3.05, 3.63) is 12.2 Å². The maximum Gasteiger partial charge on any atom is 0.305 e. The molecule has 2 heteroatoms. The summed E-state index contributed by atoms with van der Waals surface area (Å²) < 4.78 is 4.62. The lowest BCUT2D eigenvalue weighted by Gasteiger charge is -2.06. The smallest absolute Gasteiger partial charge is 0.305 e. The molecular weight excluding hydrogens is 236 g/mol. The maximum absolute atomic E-state index is 10.9. The molecule has 0 radical (unpaired) electrons. The van der Waals surface area contributed by atoms with Crippen molar-refractivity contribution in [3.8, 4) is 0 Å². The summed E-state index contributed by atoms with van der Waals surface area (Å²) in [4.78, 5) is 10.9. The molecule has 1 rings (SSSR count). The number of ether oxygens (including phenoxy) is 1. The van der Waals surface area contributed by atoms with E-state index in [0.29, 0.717) is 6.42 Å². The number of hydrogen-bond donors (Lipinski definition) is 0. The summed E-state index contributed by atoms with van der Waals surface area (Å²) in [5, 5.41) is 0. The van der Waals surface area contributed by atoms with Crippen molar-refractivity contribution in [2.75, 3.05) is 7.11 Å². The summed E-state index contributed by atoms with van der Waals surface area (Å²) in [6, 6.07) is 0. The molecule has 0 N–H and O–H groups in total. The van der Waals surface area contributed by atoms with Crippen molar-refractivity contribution in [2.24, 2.45) is 5.92 Å². The van der Waals surface area contributed by atoms with Crippen molar-refractivity contribution in [3.63, 3.8) is 0 Å². The van der Waals surface area contributed by atoms with Crippen LogP contribution in [-0.4, -0.2) is 13.1 Å². The summed E-state index contributed by atoms with van der Waals surface area (Å²) in [5.74, 6) is 0.819. The lowest BCUT2D eigenvalue weighted by atomic mass is 9.99. The van der Waals surface area contributed by atoms with Crippen molar-refractivity contribution in [2.45, 2.75) is 77.0 Å². The number of rotatable bonds is 11. The molecule has 1 aliphatic rings. The molecule has 0 fully saturated rings. The van der Waals surface area contributed by atoms with Gasteiger partial charge >= 0.3 is 5.97 Å². The van der Waals surface area contributed by atoms with E-state index in [4.69, 9.17) is 0 Å². The molecule has 0 saturated carbocycles. The van der Waals surface area contributed by atoms with Gasteiger partial charge in [-0.1, -0.05) is 57.1 Å². The molecule has 1 aliphatic carbocycles. The van der Waals surface area contributed by atoms with Crippen molar-refractivity contribution >= 4 is 5.97 Å². The van der Waals surface area contributed by atoms with Crippen LogP contribution in [0, 0.1) is 5.92 Å². The lowest BCUT2D eigenvalue weighted by Crippen LogP contribution is -1.99. The first kappa shape index (κ1) is 16.3. The fourth-order valence-corrected chi connectivity index (χ4v) is 2.77. The Kier molecular flexibility index (Phi) is 9.48. The van der Waals surface area contributed by atoms with Gasteiger partial charge in [-0.15, -0.1) is 0 Å². The number of carbonyl (C=O) groups excluding carboxylic acids is 1. The Morgan fingerprint density at radius 1 is 1.05 bits per heavy atom. The van der Waals surface area contributed by atoms with Crippen LogP contribution in [0.3, 0.4) is 0 Å². The van der Waals surface area contributed by atoms with Crippen molar-refractivity contribution in [1.29, 1.82) is 0 Å². The second-order valence-electron chi connectivity index (χ2n) is 5.71. The molecule has 0 aliphatic heterocycles. The second kappa shape index (κ2) is 11.1. The van der Waals surface area contributed by atoms with E-state index in [1.807, 2.05) is 0 Å². The van der Waals surface area contributed by atoms with E-state index in [1.54, 1.807) is 0 Å². The van der Waals surface area contributed by atoms with E-state index in [-0.39, 0.29) is 5.97 Å². The SMILES string of the molecule is COC(=O)CCCCCCCCCCC1C=CCC1. The number of hydrogen-bond acceptors (Lipinski definition) is 2. The van der Waals surface area contributed by atoms with Gasteiger partial charge in [-0.2, -0.15) is 0 Å². The second-order valence-corrected chi connectivity index (χ2v) is 5.71. The highest BCUT2D eigenvalue weighted by atomic mass is 16.5. The van der Waals surface area contributed by atoms with Gasteiger partial charge in [0.25, 0.3) is 0 Å². The minimum Gasteiger partial charge on any atom is -0.469 e. The molecule has 0 aromatic heterocycles. The van der Waals surface area contributed by atoms with E-state index >= 15 is 0 Å². The third-order valence-corrected chi connectivity index (χ3v) is 4.05. The van der Waals surface area contributed by atoms with Crippen molar-refractivity contribution in [1.82, 2.24) is 0 Å². The van der Waals surface area contributed by atoms with E-state index in [2.05, 4.69) is 16.9 Å². The zero-order valence-electron chi connectivity index (χ0n) is 12.5. The molecular formula is C17H30O2. The zero-order valence-corrected chi connectivity index (χ0v) is 12.5. The summed E-state index contributed by atoms with van der Waals surface area (Å²) in [7, 11) is 1.46. The Morgan fingerprint density at radius 3 is 2.26 bits per heavy atom. The predicted molar refractivity (Wildman–Crippen MR) is 80.1 cm³/mol. The zero-order chi connectivity index (χ0) is 13.8. The molecule has 0 spiro atoms. The Bertz CT molecular complexity index is 258. The van der Waals surface area contributed by atoms with Crippen LogP contribution in [0.2, 0.25) is 0 Å². The van der Waals surface area contributed by atoms with Crippen LogP contribution in [0.25, 0.3) is 0 Å². The van der Waals surface area contributed by atoms with Crippen LogP contribution >= 0.6 is 0 Å². The number of allylic oxidation sites excluding steroid dienone is 2. The molecule has 0 bridgehead atoms. The highest BCUT2D eigenvalue weighted by molar-refractivity contribution is 5.68. The monoisotopic (exact) mass is 266 g/mol. The molecule has 0 aromatic carbocycles. The van der Waals surface area contributed by atoms with Gasteiger partial charge in [-0.25, -0.2) is 0 Å². The van der Waals surface area contributed by atoms with Gasteiger partial charge in [-0.3, -0.25) is 4.79 Å². The number of unbranched alkanes of at least 4 members (excludes halogenated alkanes) is 7. The summed E-state index contributed by atoms with van der Waals surface area (Å²) in [5.41, 5.74) is 0. The standard InChI is InChI=1S/C17H30O2/c1-19-17(18)15-9-7-5-3-2-4-6-8-12-16-13-10-11-14-16/h10,13,16H,2-9,11-12,14-15H2,1H3. The topological polar surface area (TPSA) is 26.3 Å². The molecule has 19 heavy (non-hydrogen) atoms. The number of methoxy groups -OCH3 is 1. The van der Waals surface area contributed by atoms with Gasteiger partial charge in [0, 0.05) is 6.42 Å². The highest BCUT2D eigenvalue weighted by Gasteiger charge is 2.07. The molecule has 0 heterocycles. The molecule has 0 amide bonds. The van der Waals surface area contributed by atoms with Crippen LogP contribution in [0.4, 0.5) is 0 Å². The Labute approximate surface area is 118 Å². The minimum absolute atomic E-state index is 0.0686. The van der Waals surface area contributed by atoms with Crippen LogP contribution < -0.4 is 0 Å². The molecule has 0 saturated heterocycles. The fourth-order valence-electron chi connectivity index (χ4n) is 2.77. The average molecular weight is 266 g/mol. The highest BCUT2D eigenvalue weighted by Crippen LogP contribution is 2.23. The Hall–Kier alpha value is -0.790. The molecule has 1 atom stereocenters. The molecule has 0 aromatic rings. The predicted octanol–water partition coefficient (Wildman–Crippen LogP) is 5.03. The van der Waals surface area contributed by atoms with Gasteiger partial charge in [0.15, 0.2) is 0 Å². The summed E-state index contributed by atoms with van der Waals surface area (Å²) in [6.45, 7) is 0. The van der Waals surface area contributed by atoms with Crippen LogP contribution in [-0.2, 0) is 9.53 Å². The largest absolute Gasteiger partial charge is 0.469 e. The van der Waals surface area contributed by atoms with Gasteiger partial charge in [0.05, 0.1) is 7.11 Å². The molecule has 110 valence electrons. The fraction of sp³-hybridized carbons (Fsp3) is 0.824. The first-order valence-corrected chi connectivity index (χ1v) is 8.06. The first-order chi connectivity index (χ1) is 9.33. The molecule has 1 unspecified atom stereocenters. The normalized spacial score (nSPS) is 17.8. The van der Waals surface area contributed by atoms with Crippen LogP contribution in [0.15, 0.2) is 12.2 Å². The van der Waals surface area contributed by atoms with E-state index < -0.39 is 0 Å². The van der Waals surface area contributed by atoms with E-state index in [0.717, 1.165) is 12.3 Å². The number of esters is 1. The number of carbonyl (C=O) groups is 1. The molecule has 2 nitrogen and oxygen atoms in total. The van der Waals surface area contributed by atoms with E-state index in [1.165, 1.54) is 71.3 Å². The van der Waals surface area contributed by atoms with Gasteiger partial charge in [0.2, 0.25) is 0 Å². The maximum atomic E-state index is 10.9. The minimum atomic E-state index is -0.0686. The van der Waals surface area contributed by atoms with E-state index in [9.17, 15) is 4.79 Å². The van der Waals surface area contributed by atoms with Crippen molar-refractivity contribution < 1.29 is 9.53 Å². The van der Waals surface area contributed by atoms with Crippen LogP contribution in [0.1, 0.15) is 77.0 Å². The first-order valence-electron chi connectivity index (χ1n) is 8.06. The third-order valence-electron chi connectivity index (χ3n) is 4.05. The van der Waals surface area contributed by atoms with Gasteiger partial charge in [0.1, 0.15) is 0 Å². The summed E-state index contributed by atoms with van der Waals surface area (Å²) >= 11 is 0. The third kappa shape index (κ3) is 8.85. The van der Waals surface area contributed by atoms with Gasteiger partial charge in [-0.05, 0) is 31.6 Å².